The number of rotatable bonds is 5. The molecule has 1 amide bonds. The van der Waals surface area contributed by atoms with Crippen LogP contribution in [0.25, 0.3) is 0 Å². The first-order chi connectivity index (χ1) is 14.1. The molecule has 4 rings (SSSR count). The van der Waals surface area contributed by atoms with E-state index in [9.17, 15) is 9.59 Å². The molecule has 2 aliphatic rings. The van der Waals surface area contributed by atoms with E-state index >= 15 is 0 Å². The Bertz CT molecular complexity index is 856. The molecular formula is C25H31ClN2O2. The third-order valence-corrected chi connectivity index (χ3v) is 6.52. The molecule has 160 valence electrons. The van der Waals surface area contributed by atoms with Crippen molar-refractivity contribution in [3.63, 3.8) is 0 Å². The average molecular weight is 427 g/mol. The largest absolute Gasteiger partial charge is 0.340 e. The highest BCUT2D eigenvalue weighted by Gasteiger charge is 2.30. The molecule has 30 heavy (non-hydrogen) atoms. The first-order valence-corrected chi connectivity index (χ1v) is 10.9. The summed E-state index contributed by atoms with van der Waals surface area (Å²) < 4.78 is 0. The predicted octanol–water partition coefficient (Wildman–Crippen LogP) is 4.53. The maximum atomic E-state index is 13.1. The number of benzene rings is 2. The fraction of sp³-hybridized carbons (Fsp3) is 0.440. The van der Waals surface area contributed by atoms with Crippen molar-refractivity contribution in [2.24, 2.45) is 0 Å². The molecule has 1 saturated heterocycles. The Labute approximate surface area is 185 Å². The van der Waals surface area contributed by atoms with Gasteiger partial charge in [0.05, 0.1) is 5.92 Å². The lowest BCUT2D eigenvalue weighted by Gasteiger charge is -2.39. The van der Waals surface area contributed by atoms with Crippen LogP contribution in [0.4, 0.5) is 0 Å². The number of hydrogen-bond donors (Lipinski definition) is 0. The van der Waals surface area contributed by atoms with Crippen LogP contribution in [0.15, 0.2) is 54.6 Å². The second kappa shape index (κ2) is 10.2. The molecule has 1 heterocycles. The zero-order chi connectivity index (χ0) is 20.2. The van der Waals surface area contributed by atoms with Crippen LogP contribution in [0.3, 0.4) is 0 Å². The van der Waals surface area contributed by atoms with E-state index in [0.717, 1.165) is 37.8 Å². The Morgan fingerprint density at radius 2 is 1.50 bits per heavy atom. The van der Waals surface area contributed by atoms with Crippen LogP contribution in [0.2, 0.25) is 0 Å². The SMILES string of the molecule is CC(C(=O)N1CCN(C2CCCC2)CC1)c1cccc(C(=O)c2ccccc2)c1.Cl. The van der Waals surface area contributed by atoms with Crippen LogP contribution in [0.5, 0.6) is 0 Å². The minimum absolute atomic E-state index is 0. The molecule has 1 saturated carbocycles. The Hall–Kier alpha value is -2.17. The van der Waals surface area contributed by atoms with Crippen LogP contribution in [0.1, 0.15) is 60.0 Å². The summed E-state index contributed by atoms with van der Waals surface area (Å²) in [6.45, 7) is 5.54. The molecule has 1 unspecified atom stereocenters. The maximum Gasteiger partial charge on any atom is 0.229 e. The van der Waals surface area contributed by atoms with Gasteiger partial charge in [0.2, 0.25) is 5.91 Å². The van der Waals surface area contributed by atoms with E-state index in [-0.39, 0.29) is 30.0 Å². The van der Waals surface area contributed by atoms with Crippen LogP contribution in [-0.2, 0) is 4.79 Å². The lowest BCUT2D eigenvalue weighted by Crippen LogP contribution is -2.52. The molecule has 2 aromatic carbocycles. The molecule has 2 fully saturated rings. The van der Waals surface area contributed by atoms with Gasteiger partial charge in [-0.15, -0.1) is 12.4 Å². The summed E-state index contributed by atoms with van der Waals surface area (Å²) in [6.07, 6.45) is 5.32. The molecular weight excluding hydrogens is 396 g/mol. The molecule has 0 aromatic heterocycles. The molecule has 0 radical (unpaired) electrons. The second-order valence-corrected chi connectivity index (χ2v) is 8.34. The van der Waals surface area contributed by atoms with E-state index in [0.29, 0.717) is 11.1 Å². The van der Waals surface area contributed by atoms with E-state index in [1.807, 2.05) is 66.4 Å². The Morgan fingerprint density at radius 3 is 2.17 bits per heavy atom. The van der Waals surface area contributed by atoms with Crippen LogP contribution in [-0.4, -0.2) is 53.7 Å². The monoisotopic (exact) mass is 426 g/mol. The quantitative estimate of drug-likeness (QED) is 0.659. The number of hydrogen-bond acceptors (Lipinski definition) is 3. The maximum absolute atomic E-state index is 13.1. The van der Waals surface area contributed by atoms with E-state index < -0.39 is 0 Å². The molecule has 0 spiro atoms. The van der Waals surface area contributed by atoms with Gasteiger partial charge >= 0.3 is 0 Å². The smallest absolute Gasteiger partial charge is 0.229 e. The third kappa shape index (κ3) is 4.93. The van der Waals surface area contributed by atoms with E-state index in [1.165, 1.54) is 25.7 Å². The van der Waals surface area contributed by atoms with E-state index in [4.69, 9.17) is 0 Å². The zero-order valence-electron chi connectivity index (χ0n) is 17.6. The summed E-state index contributed by atoms with van der Waals surface area (Å²) >= 11 is 0. The standard InChI is InChI=1S/C25H30N2O2.ClH/c1-19(25(29)27-16-14-26(15-17-27)23-12-5-6-13-23)21-10-7-11-22(18-21)24(28)20-8-3-2-4-9-20;/h2-4,7-11,18-19,23H,5-6,12-17H2,1H3;1H. The van der Waals surface area contributed by atoms with Gasteiger partial charge in [-0.05, 0) is 31.4 Å². The number of amides is 1. The second-order valence-electron chi connectivity index (χ2n) is 8.34. The highest BCUT2D eigenvalue weighted by molar-refractivity contribution is 6.09. The van der Waals surface area contributed by atoms with Gasteiger partial charge in [0.1, 0.15) is 0 Å². The normalized spacial score (nSPS) is 18.6. The predicted molar refractivity (Wildman–Crippen MR) is 122 cm³/mol. The minimum Gasteiger partial charge on any atom is -0.340 e. The molecule has 1 atom stereocenters. The Morgan fingerprint density at radius 1 is 0.867 bits per heavy atom. The molecule has 0 N–H and O–H groups in total. The topological polar surface area (TPSA) is 40.6 Å². The number of carbonyl (C=O) groups is 2. The van der Waals surface area contributed by atoms with Crippen molar-refractivity contribution in [2.45, 2.75) is 44.6 Å². The van der Waals surface area contributed by atoms with Gasteiger partial charge in [-0.2, -0.15) is 0 Å². The number of piperazine rings is 1. The molecule has 2 aromatic rings. The first kappa shape index (κ1) is 22.5. The molecule has 4 nitrogen and oxygen atoms in total. The van der Waals surface area contributed by atoms with Crippen LogP contribution >= 0.6 is 12.4 Å². The summed E-state index contributed by atoms with van der Waals surface area (Å²) in [4.78, 5) is 30.4. The van der Waals surface area contributed by atoms with Gasteiger partial charge in [0, 0.05) is 43.3 Å². The first-order valence-electron chi connectivity index (χ1n) is 10.9. The Balaban J connectivity index is 0.00000256. The van der Waals surface area contributed by atoms with Crippen LogP contribution in [0, 0.1) is 0 Å². The number of carbonyl (C=O) groups excluding carboxylic acids is 2. The summed E-state index contributed by atoms with van der Waals surface area (Å²) in [5, 5.41) is 0. The summed E-state index contributed by atoms with van der Waals surface area (Å²) in [5.74, 6) is -0.0748. The highest BCUT2D eigenvalue weighted by atomic mass is 35.5. The van der Waals surface area contributed by atoms with Crippen molar-refractivity contribution in [1.29, 1.82) is 0 Å². The van der Waals surface area contributed by atoms with Gasteiger partial charge in [-0.3, -0.25) is 14.5 Å². The molecule has 1 aliphatic carbocycles. The van der Waals surface area contributed by atoms with Gasteiger partial charge in [-0.1, -0.05) is 61.4 Å². The highest BCUT2D eigenvalue weighted by Crippen LogP contribution is 2.26. The van der Waals surface area contributed by atoms with Crippen molar-refractivity contribution in [1.82, 2.24) is 9.80 Å². The molecule has 0 bridgehead atoms. The van der Waals surface area contributed by atoms with Crippen molar-refractivity contribution in [3.8, 4) is 0 Å². The van der Waals surface area contributed by atoms with Crippen LogP contribution < -0.4 is 0 Å². The summed E-state index contributed by atoms with van der Waals surface area (Å²) in [7, 11) is 0. The number of ketones is 1. The third-order valence-electron chi connectivity index (χ3n) is 6.52. The van der Waals surface area contributed by atoms with Crippen molar-refractivity contribution in [2.75, 3.05) is 26.2 Å². The van der Waals surface area contributed by atoms with E-state index in [1.54, 1.807) is 0 Å². The fourth-order valence-electron chi connectivity index (χ4n) is 4.70. The average Bonchev–Trinajstić information content (AvgIpc) is 3.33. The van der Waals surface area contributed by atoms with E-state index in [2.05, 4.69) is 4.90 Å². The number of nitrogens with zero attached hydrogens (tertiary/aromatic N) is 2. The fourth-order valence-corrected chi connectivity index (χ4v) is 4.70. The summed E-state index contributed by atoms with van der Waals surface area (Å²) in [5.41, 5.74) is 2.22. The lowest BCUT2D eigenvalue weighted by atomic mass is 9.94. The zero-order valence-corrected chi connectivity index (χ0v) is 18.4. The molecule has 1 aliphatic heterocycles. The van der Waals surface area contributed by atoms with Gasteiger partial charge in [0.15, 0.2) is 5.78 Å². The number of halogens is 1. The summed E-state index contributed by atoms with van der Waals surface area (Å²) in [6, 6.07) is 17.6. The Kier molecular flexibility index (Phi) is 7.68. The lowest BCUT2D eigenvalue weighted by molar-refractivity contribution is -0.134. The van der Waals surface area contributed by atoms with Gasteiger partial charge in [-0.25, -0.2) is 0 Å². The molecule has 5 heteroatoms. The van der Waals surface area contributed by atoms with Crippen molar-refractivity contribution >= 4 is 24.1 Å². The van der Waals surface area contributed by atoms with Crippen molar-refractivity contribution < 1.29 is 9.59 Å². The van der Waals surface area contributed by atoms with Gasteiger partial charge in [0.25, 0.3) is 0 Å². The minimum atomic E-state index is -0.239. The van der Waals surface area contributed by atoms with Gasteiger partial charge < -0.3 is 4.90 Å². The van der Waals surface area contributed by atoms with Crippen molar-refractivity contribution in [3.05, 3.63) is 71.3 Å².